The maximum absolute atomic E-state index is 12.7. The summed E-state index contributed by atoms with van der Waals surface area (Å²) in [7, 11) is 2.91. The summed E-state index contributed by atoms with van der Waals surface area (Å²) in [5.41, 5.74) is 1.69. The first kappa shape index (κ1) is 22.5. The summed E-state index contributed by atoms with van der Waals surface area (Å²) >= 11 is 0. The minimum atomic E-state index is -1.17. The first-order valence-electron chi connectivity index (χ1n) is 11.0. The van der Waals surface area contributed by atoms with E-state index in [-0.39, 0.29) is 41.0 Å². The van der Waals surface area contributed by atoms with Crippen LogP contribution in [0, 0.1) is 5.92 Å². The Morgan fingerprint density at radius 2 is 2.12 bits per heavy atom. The van der Waals surface area contributed by atoms with E-state index in [4.69, 9.17) is 9.39 Å². The van der Waals surface area contributed by atoms with Crippen LogP contribution in [0.4, 0.5) is 0 Å². The van der Waals surface area contributed by atoms with Crippen LogP contribution in [0.25, 0.3) is 0 Å². The fourth-order valence-corrected chi connectivity index (χ4v) is 4.52. The molecule has 2 saturated heterocycles. The molecular weight excluding hydrogens is 413 g/mol. The van der Waals surface area contributed by atoms with Crippen molar-refractivity contribution in [3.8, 4) is 11.5 Å². The molecule has 32 heavy (non-hydrogen) atoms. The van der Waals surface area contributed by atoms with E-state index in [1.807, 2.05) is 19.0 Å². The van der Waals surface area contributed by atoms with Crippen molar-refractivity contribution in [1.29, 1.82) is 0 Å². The molecule has 0 radical (unpaired) electrons. The molecule has 0 spiro atoms. The highest BCUT2D eigenvalue weighted by Crippen LogP contribution is 2.37. The predicted octanol–water partition coefficient (Wildman–Crippen LogP) is 0.833. The molecule has 4 rings (SSSR count). The number of hydrogen-bond donors (Lipinski definition) is 3. The molecule has 9 nitrogen and oxygen atoms in total. The van der Waals surface area contributed by atoms with E-state index in [9.17, 15) is 19.7 Å². The number of carbonyl (C=O) groups is 2. The number of amides is 1. The van der Waals surface area contributed by atoms with Gasteiger partial charge >= 0.3 is 13.1 Å². The Labute approximate surface area is 188 Å². The average molecular weight is 443 g/mol. The topological polar surface area (TPSA) is 112 Å². The second kappa shape index (κ2) is 9.03. The quantitative estimate of drug-likeness (QED) is 0.532. The van der Waals surface area contributed by atoms with Gasteiger partial charge in [-0.2, -0.15) is 0 Å². The lowest BCUT2D eigenvalue weighted by atomic mass is 9.78. The van der Waals surface area contributed by atoms with E-state index in [2.05, 4.69) is 11.9 Å². The van der Waals surface area contributed by atoms with Crippen LogP contribution in [0.15, 0.2) is 24.4 Å². The number of benzene rings is 1. The summed E-state index contributed by atoms with van der Waals surface area (Å²) in [4.78, 5) is 28.3. The number of aromatic carboxylic acids is 1. The molecule has 3 heterocycles. The van der Waals surface area contributed by atoms with Crippen molar-refractivity contribution in [2.45, 2.75) is 37.7 Å². The molecule has 1 amide bonds. The fourth-order valence-electron chi connectivity index (χ4n) is 4.52. The normalized spacial score (nSPS) is 22.6. The van der Waals surface area contributed by atoms with Crippen LogP contribution in [0.5, 0.6) is 11.5 Å². The Morgan fingerprint density at radius 1 is 1.38 bits per heavy atom. The Hall–Kier alpha value is -2.72. The zero-order valence-corrected chi connectivity index (χ0v) is 18.5. The Morgan fingerprint density at radius 3 is 2.81 bits per heavy atom. The first-order chi connectivity index (χ1) is 15.2. The highest BCUT2D eigenvalue weighted by Gasteiger charge is 2.37. The molecule has 0 saturated carbocycles. The van der Waals surface area contributed by atoms with Crippen molar-refractivity contribution in [1.82, 2.24) is 15.1 Å². The van der Waals surface area contributed by atoms with Gasteiger partial charge in [-0.1, -0.05) is 12.6 Å². The smallest absolute Gasteiger partial charge is 0.522 e. The van der Waals surface area contributed by atoms with Crippen molar-refractivity contribution in [3.05, 3.63) is 35.5 Å². The van der Waals surface area contributed by atoms with Crippen molar-refractivity contribution in [2.75, 3.05) is 33.7 Å². The predicted molar refractivity (Wildman–Crippen MR) is 119 cm³/mol. The molecule has 3 N–H and O–H groups in total. The van der Waals surface area contributed by atoms with Gasteiger partial charge in [0.05, 0.1) is 13.1 Å². The van der Waals surface area contributed by atoms with Gasteiger partial charge in [0.25, 0.3) is 0 Å². The van der Waals surface area contributed by atoms with Gasteiger partial charge in [0.1, 0.15) is 23.2 Å². The zero-order valence-electron chi connectivity index (χ0n) is 18.5. The van der Waals surface area contributed by atoms with E-state index in [0.717, 1.165) is 24.2 Å². The second-order valence-corrected chi connectivity index (χ2v) is 9.03. The van der Waals surface area contributed by atoms with Crippen LogP contribution in [0.3, 0.4) is 0 Å². The van der Waals surface area contributed by atoms with Gasteiger partial charge in [0, 0.05) is 32.3 Å². The molecule has 2 atom stereocenters. The van der Waals surface area contributed by atoms with Crippen molar-refractivity contribution in [2.24, 2.45) is 5.92 Å². The van der Waals surface area contributed by atoms with Gasteiger partial charge in [-0.3, -0.25) is 4.79 Å². The molecule has 172 valence electrons. The SMILES string of the molecule is C=C(C1C[C@@H](CC(=O)N2CC(Oc3ccc4c(c3C(=O)O)OB(O)CC4)C2)CN1)N(C)C. The minimum Gasteiger partial charge on any atom is -0.535 e. The molecule has 0 aromatic heterocycles. The fraction of sp³-hybridized carbons (Fsp3) is 0.545. The number of ether oxygens (including phenoxy) is 1. The van der Waals surface area contributed by atoms with Gasteiger partial charge in [-0.25, -0.2) is 4.79 Å². The maximum Gasteiger partial charge on any atom is 0.522 e. The molecule has 0 bridgehead atoms. The number of fused-ring (bicyclic) bond motifs is 1. The largest absolute Gasteiger partial charge is 0.535 e. The monoisotopic (exact) mass is 443 g/mol. The van der Waals surface area contributed by atoms with Crippen LogP contribution < -0.4 is 14.7 Å². The first-order valence-corrected chi connectivity index (χ1v) is 11.0. The van der Waals surface area contributed by atoms with Crippen LogP contribution in [0.1, 0.15) is 28.8 Å². The molecule has 1 unspecified atom stereocenters. The number of carboxylic acid groups (broad SMARTS) is 1. The van der Waals surface area contributed by atoms with Gasteiger partial charge in [-0.05, 0) is 43.3 Å². The summed E-state index contributed by atoms with van der Waals surface area (Å²) in [6.07, 6.45) is 2.06. The van der Waals surface area contributed by atoms with Crippen LogP contribution in [0.2, 0.25) is 6.32 Å². The summed E-state index contributed by atoms with van der Waals surface area (Å²) in [5, 5.41) is 22.9. The second-order valence-electron chi connectivity index (χ2n) is 9.03. The number of nitrogens with one attached hydrogen (secondary N) is 1. The lowest BCUT2D eigenvalue weighted by molar-refractivity contribution is -0.140. The standard InChI is InChI=1S/C22H30BN3O6/c1-13(25(2)3)17-8-14(10-24-17)9-19(27)26-11-16(12-26)31-18-5-4-15-6-7-23(30)32-21(15)20(18)22(28)29/h4-5,14,16-17,24,30H,1,6-12H2,2-3H3,(H,28,29)/t14-,17?/m0/s1. The van der Waals surface area contributed by atoms with Crippen molar-refractivity contribution >= 4 is 19.0 Å². The van der Waals surface area contributed by atoms with E-state index in [0.29, 0.717) is 32.3 Å². The van der Waals surface area contributed by atoms with E-state index in [1.54, 1.807) is 17.0 Å². The van der Waals surface area contributed by atoms with Gasteiger partial charge < -0.3 is 34.6 Å². The maximum atomic E-state index is 12.7. The zero-order chi connectivity index (χ0) is 23.0. The lowest BCUT2D eigenvalue weighted by Crippen LogP contribution is -2.56. The number of rotatable bonds is 7. The number of nitrogens with zero attached hydrogens (tertiary/aromatic N) is 2. The molecular formula is C22H30BN3O6. The minimum absolute atomic E-state index is 0.0739. The molecule has 3 aliphatic heterocycles. The van der Waals surface area contributed by atoms with Crippen molar-refractivity contribution in [3.63, 3.8) is 0 Å². The number of carboxylic acids is 1. The van der Waals surface area contributed by atoms with Gasteiger partial charge in [0.15, 0.2) is 0 Å². The molecule has 1 aromatic rings. The average Bonchev–Trinajstić information content (AvgIpc) is 3.16. The third kappa shape index (κ3) is 4.56. The highest BCUT2D eigenvalue weighted by atomic mass is 16.5. The Kier molecular flexibility index (Phi) is 6.34. The molecule has 1 aromatic carbocycles. The summed E-state index contributed by atoms with van der Waals surface area (Å²) in [6.45, 7) is 5.74. The third-order valence-electron chi connectivity index (χ3n) is 6.49. The highest BCUT2D eigenvalue weighted by molar-refractivity contribution is 6.44. The molecule has 0 aliphatic carbocycles. The molecule has 10 heteroatoms. The van der Waals surface area contributed by atoms with E-state index < -0.39 is 13.1 Å². The lowest BCUT2D eigenvalue weighted by Gasteiger charge is -2.39. The Balaban J connectivity index is 1.31. The number of likely N-dealkylation sites (tertiary alicyclic amines) is 1. The van der Waals surface area contributed by atoms with E-state index in [1.165, 1.54) is 0 Å². The van der Waals surface area contributed by atoms with Crippen LogP contribution in [-0.2, 0) is 11.2 Å². The number of carbonyl (C=O) groups excluding carboxylic acids is 1. The number of hydrogen-bond acceptors (Lipinski definition) is 7. The van der Waals surface area contributed by atoms with Crippen LogP contribution in [-0.4, -0.2) is 84.8 Å². The number of likely N-dealkylation sites (N-methyl/N-ethyl adjacent to an activating group) is 1. The Bertz CT molecular complexity index is 917. The van der Waals surface area contributed by atoms with Gasteiger partial charge in [-0.15, -0.1) is 0 Å². The third-order valence-corrected chi connectivity index (χ3v) is 6.49. The van der Waals surface area contributed by atoms with E-state index >= 15 is 0 Å². The summed E-state index contributed by atoms with van der Waals surface area (Å²) in [5.74, 6) is -0.438. The van der Waals surface area contributed by atoms with Gasteiger partial charge in [0.2, 0.25) is 5.91 Å². The van der Waals surface area contributed by atoms with Crippen LogP contribution >= 0.6 is 0 Å². The van der Waals surface area contributed by atoms with Crippen molar-refractivity contribution < 1.29 is 29.1 Å². The summed E-state index contributed by atoms with van der Waals surface area (Å²) < 4.78 is 11.3. The molecule has 2 fully saturated rings. The summed E-state index contributed by atoms with van der Waals surface area (Å²) in [6, 6.07) is 3.61. The number of aryl methyl sites for hydroxylation is 1. The molecule has 3 aliphatic rings.